The highest BCUT2D eigenvalue weighted by atomic mass is 35.5. The van der Waals surface area contributed by atoms with Gasteiger partial charge in [-0.2, -0.15) is 0 Å². The third-order valence-electron chi connectivity index (χ3n) is 5.66. The Morgan fingerprint density at radius 2 is 1.65 bits per heavy atom. The van der Waals surface area contributed by atoms with Gasteiger partial charge in [0.1, 0.15) is 5.75 Å². The van der Waals surface area contributed by atoms with Gasteiger partial charge in [-0.1, -0.05) is 35.9 Å². The number of halogens is 2. The van der Waals surface area contributed by atoms with Crippen molar-refractivity contribution in [2.24, 2.45) is 0 Å². The molecule has 1 atom stereocenters. The summed E-state index contributed by atoms with van der Waals surface area (Å²) in [7, 11) is 1.56. The molecule has 3 aromatic carbocycles. The van der Waals surface area contributed by atoms with Crippen molar-refractivity contribution in [1.29, 1.82) is 0 Å². The van der Waals surface area contributed by atoms with Gasteiger partial charge in [0.15, 0.2) is 17.9 Å². The molecular formula is C27H28ClFN4O4. The van der Waals surface area contributed by atoms with Gasteiger partial charge in [-0.25, -0.2) is 18.9 Å². The predicted molar refractivity (Wildman–Crippen MR) is 139 cm³/mol. The number of hydrogen-bond donors (Lipinski definition) is 2. The van der Waals surface area contributed by atoms with E-state index in [2.05, 4.69) is 10.6 Å². The van der Waals surface area contributed by atoms with Crippen molar-refractivity contribution < 1.29 is 23.5 Å². The fourth-order valence-corrected chi connectivity index (χ4v) is 3.96. The van der Waals surface area contributed by atoms with Crippen molar-refractivity contribution in [2.45, 2.75) is 39.3 Å². The van der Waals surface area contributed by atoms with Crippen molar-refractivity contribution in [3.63, 3.8) is 0 Å². The zero-order valence-electron chi connectivity index (χ0n) is 20.7. The summed E-state index contributed by atoms with van der Waals surface area (Å²) in [6, 6.07) is 17.5. The van der Waals surface area contributed by atoms with Gasteiger partial charge >= 0.3 is 12.1 Å². The molecule has 194 valence electrons. The zero-order valence-corrected chi connectivity index (χ0v) is 21.5. The first-order valence-electron chi connectivity index (χ1n) is 11.7. The van der Waals surface area contributed by atoms with Crippen molar-refractivity contribution in [1.82, 2.24) is 15.1 Å². The molecule has 1 unspecified atom stereocenters. The Morgan fingerprint density at radius 3 is 2.27 bits per heavy atom. The normalized spacial score (nSPS) is 15.6. The average molecular weight is 527 g/mol. The first-order valence-corrected chi connectivity index (χ1v) is 12.1. The van der Waals surface area contributed by atoms with Crippen LogP contribution in [0.25, 0.3) is 0 Å². The van der Waals surface area contributed by atoms with Crippen molar-refractivity contribution in [3.05, 3.63) is 88.7 Å². The highest BCUT2D eigenvalue weighted by Crippen LogP contribution is 2.25. The maximum atomic E-state index is 14.6. The van der Waals surface area contributed by atoms with E-state index in [0.717, 1.165) is 16.0 Å². The van der Waals surface area contributed by atoms with Gasteiger partial charge in [-0.05, 0) is 61.4 Å². The highest BCUT2D eigenvalue weighted by molar-refractivity contribution is 6.30. The number of carbonyl (C=O) groups excluding carboxylic acids is 2. The molecule has 0 radical (unpaired) electrons. The fraction of sp³-hybridized carbons (Fsp3) is 0.259. The summed E-state index contributed by atoms with van der Waals surface area (Å²) in [4.78, 5) is 29.2. The third kappa shape index (κ3) is 6.42. The minimum atomic E-state index is -0.931. The molecule has 4 rings (SSSR count). The molecule has 1 fully saturated rings. The predicted octanol–water partition coefficient (Wildman–Crippen LogP) is 5.82. The Morgan fingerprint density at radius 1 is 1.00 bits per heavy atom. The molecule has 0 aromatic heterocycles. The van der Waals surface area contributed by atoms with E-state index in [0.29, 0.717) is 16.5 Å². The molecule has 4 amide bonds. The van der Waals surface area contributed by atoms with Crippen LogP contribution in [0.5, 0.6) is 11.5 Å². The SMILES string of the molecule is COc1ccc(CN2C(=O)NC(Nc3ccc(OC(C)C)c(F)c3)N(Cc3ccc(Cl)cc3)C2=O)cc1. The van der Waals surface area contributed by atoms with Gasteiger partial charge < -0.3 is 14.8 Å². The molecule has 1 aliphatic rings. The van der Waals surface area contributed by atoms with E-state index in [9.17, 15) is 14.0 Å². The van der Waals surface area contributed by atoms with Crippen molar-refractivity contribution >= 4 is 29.4 Å². The first kappa shape index (κ1) is 26.1. The second-order valence-corrected chi connectivity index (χ2v) is 9.22. The maximum Gasteiger partial charge on any atom is 0.331 e. The van der Waals surface area contributed by atoms with Gasteiger partial charge in [0.2, 0.25) is 0 Å². The van der Waals surface area contributed by atoms with Crippen LogP contribution < -0.4 is 20.1 Å². The molecule has 1 saturated heterocycles. The Hall–Kier alpha value is -3.98. The van der Waals surface area contributed by atoms with Gasteiger partial charge in [0.05, 0.1) is 26.3 Å². The Labute approximate surface area is 219 Å². The monoisotopic (exact) mass is 526 g/mol. The van der Waals surface area contributed by atoms with Gasteiger partial charge in [0.25, 0.3) is 0 Å². The second-order valence-electron chi connectivity index (χ2n) is 8.78. The molecule has 0 saturated carbocycles. The Bertz CT molecular complexity index is 1250. The minimum Gasteiger partial charge on any atom is -0.497 e. The highest BCUT2D eigenvalue weighted by Gasteiger charge is 2.38. The van der Waals surface area contributed by atoms with E-state index in [1.807, 2.05) is 0 Å². The summed E-state index contributed by atoms with van der Waals surface area (Å²) in [5.74, 6) is 0.231. The summed E-state index contributed by atoms with van der Waals surface area (Å²) in [6.07, 6.45) is -1.12. The first-order chi connectivity index (χ1) is 17.7. The maximum absolute atomic E-state index is 14.6. The van der Waals surface area contributed by atoms with Gasteiger partial charge in [-0.15, -0.1) is 0 Å². The molecular weight excluding hydrogens is 499 g/mol. The molecule has 0 aliphatic carbocycles. The number of nitrogens with zero attached hydrogens (tertiary/aromatic N) is 2. The lowest BCUT2D eigenvalue weighted by Gasteiger charge is -2.41. The summed E-state index contributed by atoms with van der Waals surface area (Å²) in [5, 5.41) is 6.43. The van der Waals surface area contributed by atoms with Crippen LogP contribution in [0.4, 0.5) is 19.7 Å². The Kier molecular flexibility index (Phi) is 8.03. The van der Waals surface area contributed by atoms with E-state index in [1.165, 1.54) is 17.0 Å². The molecule has 1 aliphatic heterocycles. The van der Waals surface area contributed by atoms with Gasteiger partial charge in [0, 0.05) is 16.8 Å². The largest absolute Gasteiger partial charge is 0.497 e. The van der Waals surface area contributed by atoms with Crippen LogP contribution in [-0.4, -0.2) is 41.4 Å². The number of ether oxygens (including phenoxy) is 2. The van der Waals surface area contributed by atoms with E-state index >= 15 is 0 Å². The number of carbonyl (C=O) groups is 2. The average Bonchev–Trinajstić information content (AvgIpc) is 2.87. The zero-order chi connectivity index (χ0) is 26.5. The van der Waals surface area contributed by atoms with E-state index in [4.69, 9.17) is 21.1 Å². The molecule has 3 aromatic rings. The summed E-state index contributed by atoms with van der Waals surface area (Å²) in [6.45, 7) is 3.85. The number of rotatable bonds is 9. The van der Waals surface area contributed by atoms with Gasteiger partial charge in [-0.3, -0.25) is 10.2 Å². The number of hydrogen-bond acceptors (Lipinski definition) is 5. The summed E-state index contributed by atoms with van der Waals surface area (Å²) in [5.41, 5.74) is 1.93. The minimum absolute atomic E-state index is 0.0639. The summed E-state index contributed by atoms with van der Waals surface area (Å²) >= 11 is 6.02. The van der Waals surface area contributed by atoms with Crippen molar-refractivity contribution in [2.75, 3.05) is 12.4 Å². The quantitative estimate of drug-likeness (QED) is 0.367. The van der Waals surface area contributed by atoms with Crippen LogP contribution >= 0.6 is 11.6 Å². The molecule has 1 heterocycles. The third-order valence-corrected chi connectivity index (χ3v) is 5.91. The second kappa shape index (κ2) is 11.4. The molecule has 0 bridgehead atoms. The van der Waals surface area contributed by atoms with E-state index in [-0.39, 0.29) is 24.9 Å². The number of imide groups is 1. The van der Waals surface area contributed by atoms with E-state index in [1.54, 1.807) is 75.6 Å². The Balaban J connectivity index is 1.58. The molecule has 8 nitrogen and oxygen atoms in total. The number of anilines is 1. The molecule has 10 heteroatoms. The number of amides is 4. The van der Waals surface area contributed by atoms with Crippen LogP contribution in [0.3, 0.4) is 0 Å². The van der Waals surface area contributed by atoms with E-state index < -0.39 is 24.2 Å². The van der Waals surface area contributed by atoms with Crippen molar-refractivity contribution in [3.8, 4) is 11.5 Å². The number of urea groups is 2. The van der Waals surface area contributed by atoms with Crippen LogP contribution in [0.15, 0.2) is 66.7 Å². The standard InChI is InChI=1S/C27H28ClFN4O4/c1-17(2)37-24-13-10-21(14-23(24)29)30-25-31-26(34)33(16-19-6-11-22(36-3)12-7-19)27(35)32(25)15-18-4-8-20(28)9-5-18/h4-14,17,25,30H,15-16H2,1-3H3,(H,31,34). The lowest BCUT2D eigenvalue weighted by molar-refractivity contribution is 0.104. The number of nitrogens with one attached hydrogen (secondary N) is 2. The van der Waals surface area contributed by atoms with Crippen LogP contribution in [-0.2, 0) is 13.1 Å². The lowest BCUT2D eigenvalue weighted by Crippen LogP contribution is -2.66. The number of methoxy groups -OCH3 is 1. The smallest absolute Gasteiger partial charge is 0.331 e. The molecule has 37 heavy (non-hydrogen) atoms. The fourth-order valence-electron chi connectivity index (χ4n) is 3.84. The van der Waals surface area contributed by atoms with Crippen LogP contribution in [0.1, 0.15) is 25.0 Å². The van der Waals surface area contributed by atoms with Crippen LogP contribution in [0.2, 0.25) is 5.02 Å². The summed E-state index contributed by atoms with van der Waals surface area (Å²) < 4.78 is 25.2. The lowest BCUT2D eigenvalue weighted by atomic mass is 10.2. The van der Waals surface area contributed by atoms with Crippen LogP contribution in [0, 0.1) is 5.82 Å². The topological polar surface area (TPSA) is 83.1 Å². The molecule has 2 N–H and O–H groups in total. The number of benzene rings is 3. The molecule has 0 spiro atoms.